The predicted molar refractivity (Wildman–Crippen MR) is 53.5 cm³/mol. The molecule has 72 valence electrons. The highest BCUT2D eigenvalue weighted by Gasteiger charge is 2.37. The molecule has 1 aliphatic heterocycles. The first-order valence-electron chi connectivity index (χ1n) is 4.82. The van der Waals surface area contributed by atoms with Crippen LogP contribution in [0.4, 0.5) is 0 Å². The van der Waals surface area contributed by atoms with Crippen LogP contribution in [0.25, 0.3) is 0 Å². The first-order chi connectivity index (χ1) is 5.42. The van der Waals surface area contributed by atoms with Gasteiger partial charge in [-0.05, 0) is 56.7 Å². The Morgan fingerprint density at radius 2 is 1.75 bits per heavy atom. The molecular formula is C9H19ClN2. The van der Waals surface area contributed by atoms with E-state index in [1.165, 1.54) is 32.4 Å². The summed E-state index contributed by atoms with van der Waals surface area (Å²) in [5.74, 6) is 2.87. The molecule has 3 atom stereocenters. The monoisotopic (exact) mass is 190 g/mol. The van der Waals surface area contributed by atoms with Gasteiger partial charge in [0.15, 0.2) is 0 Å². The summed E-state index contributed by atoms with van der Waals surface area (Å²) in [5, 5.41) is 3.49. The first-order valence-corrected chi connectivity index (χ1v) is 4.82. The summed E-state index contributed by atoms with van der Waals surface area (Å²) in [5.41, 5.74) is 5.59. The minimum atomic E-state index is 0. The van der Waals surface area contributed by atoms with Crippen LogP contribution in [0.1, 0.15) is 19.3 Å². The average Bonchev–Trinajstić information content (AvgIpc) is 2.30. The van der Waals surface area contributed by atoms with Gasteiger partial charge in [0.05, 0.1) is 0 Å². The van der Waals surface area contributed by atoms with Gasteiger partial charge in [-0.1, -0.05) is 0 Å². The van der Waals surface area contributed by atoms with E-state index in [4.69, 9.17) is 5.73 Å². The van der Waals surface area contributed by atoms with E-state index in [1.807, 2.05) is 0 Å². The van der Waals surface area contributed by atoms with Crippen LogP contribution in [0.15, 0.2) is 0 Å². The Morgan fingerprint density at radius 1 is 1.17 bits per heavy atom. The maximum atomic E-state index is 5.59. The van der Waals surface area contributed by atoms with Crippen LogP contribution in [0, 0.1) is 17.8 Å². The SMILES string of the molecule is Cl.NCCC1[C@@H]2CC[C@H]1CNC2. The highest BCUT2D eigenvalue weighted by atomic mass is 35.5. The molecule has 2 aliphatic rings. The Kier molecular flexibility index (Phi) is 3.81. The molecule has 1 aliphatic carbocycles. The van der Waals surface area contributed by atoms with Gasteiger partial charge in [0.2, 0.25) is 0 Å². The molecule has 1 saturated heterocycles. The molecule has 2 fully saturated rings. The van der Waals surface area contributed by atoms with Gasteiger partial charge >= 0.3 is 0 Å². The Labute approximate surface area is 80.7 Å². The molecule has 0 aromatic heterocycles. The number of piperidine rings is 1. The van der Waals surface area contributed by atoms with E-state index >= 15 is 0 Å². The van der Waals surface area contributed by atoms with Gasteiger partial charge in [-0.2, -0.15) is 0 Å². The standard InChI is InChI=1S/C9H18N2.ClH/c10-4-3-9-7-1-2-8(9)6-11-5-7;/h7-9,11H,1-6,10H2;1H/t7-,8+,9?;. The minimum Gasteiger partial charge on any atom is -0.330 e. The Bertz CT molecular complexity index is 124. The Balaban J connectivity index is 0.000000720. The van der Waals surface area contributed by atoms with Crippen molar-refractivity contribution in [1.82, 2.24) is 5.32 Å². The number of rotatable bonds is 2. The van der Waals surface area contributed by atoms with Gasteiger partial charge < -0.3 is 11.1 Å². The van der Waals surface area contributed by atoms with E-state index in [9.17, 15) is 0 Å². The molecule has 1 heterocycles. The lowest BCUT2D eigenvalue weighted by Gasteiger charge is -2.30. The lowest BCUT2D eigenvalue weighted by Crippen LogP contribution is -2.38. The second-order valence-corrected chi connectivity index (χ2v) is 4.00. The van der Waals surface area contributed by atoms with Crippen molar-refractivity contribution in [3.8, 4) is 0 Å². The minimum absolute atomic E-state index is 0. The van der Waals surface area contributed by atoms with Crippen LogP contribution in [-0.2, 0) is 0 Å². The van der Waals surface area contributed by atoms with Gasteiger partial charge in [0.25, 0.3) is 0 Å². The summed E-state index contributed by atoms with van der Waals surface area (Å²) in [6.45, 7) is 3.39. The fourth-order valence-electron chi connectivity index (χ4n) is 2.87. The molecule has 2 bridgehead atoms. The number of hydrogen-bond acceptors (Lipinski definition) is 2. The normalized spacial score (nSPS) is 39.2. The summed E-state index contributed by atoms with van der Waals surface area (Å²) >= 11 is 0. The zero-order chi connectivity index (χ0) is 7.68. The summed E-state index contributed by atoms with van der Waals surface area (Å²) in [4.78, 5) is 0. The topological polar surface area (TPSA) is 38.0 Å². The summed E-state index contributed by atoms with van der Waals surface area (Å²) in [7, 11) is 0. The van der Waals surface area contributed by atoms with Crippen molar-refractivity contribution in [2.24, 2.45) is 23.5 Å². The van der Waals surface area contributed by atoms with Crippen molar-refractivity contribution >= 4 is 12.4 Å². The lowest BCUT2D eigenvalue weighted by molar-refractivity contribution is 0.235. The molecule has 0 aromatic rings. The fraction of sp³-hybridized carbons (Fsp3) is 1.00. The molecule has 0 aromatic carbocycles. The van der Waals surface area contributed by atoms with Crippen LogP contribution in [0.5, 0.6) is 0 Å². The maximum Gasteiger partial charge on any atom is -0.00176 e. The maximum absolute atomic E-state index is 5.59. The van der Waals surface area contributed by atoms with Crippen LogP contribution in [-0.4, -0.2) is 19.6 Å². The molecule has 0 spiro atoms. The van der Waals surface area contributed by atoms with Crippen molar-refractivity contribution in [3.63, 3.8) is 0 Å². The lowest BCUT2D eigenvalue weighted by atomic mass is 9.84. The Morgan fingerprint density at radius 3 is 2.25 bits per heavy atom. The van der Waals surface area contributed by atoms with Gasteiger partial charge in [-0.3, -0.25) is 0 Å². The van der Waals surface area contributed by atoms with Gasteiger partial charge in [-0.25, -0.2) is 0 Å². The predicted octanol–water partition coefficient (Wildman–Crippen LogP) is 1.00. The van der Waals surface area contributed by atoms with E-state index in [0.29, 0.717) is 0 Å². The Hall–Kier alpha value is 0.210. The third-order valence-corrected chi connectivity index (χ3v) is 3.43. The second kappa shape index (κ2) is 4.45. The number of halogens is 1. The molecule has 0 radical (unpaired) electrons. The smallest absolute Gasteiger partial charge is 0.00176 e. The summed E-state index contributed by atoms with van der Waals surface area (Å²) in [6, 6.07) is 0. The van der Waals surface area contributed by atoms with E-state index in [0.717, 1.165) is 24.3 Å². The van der Waals surface area contributed by atoms with Gasteiger partial charge in [-0.15, -0.1) is 12.4 Å². The van der Waals surface area contributed by atoms with Crippen LogP contribution in [0.2, 0.25) is 0 Å². The van der Waals surface area contributed by atoms with Crippen LogP contribution >= 0.6 is 12.4 Å². The van der Waals surface area contributed by atoms with E-state index in [2.05, 4.69) is 5.32 Å². The number of hydrogen-bond donors (Lipinski definition) is 2. The van der Waals surface area contributed by atoms with Gasteiger partial charge in [0, 0.05) is 0 Å². The van der Waals surface area contributed by atoms with E-state index in [1.54, 1.807) is 0 Å². The van der Waals surface area contributed by atoms with Crippen molar-refractivity contribution in [2.45, 2.75) is 19.3 Å². The largest absolute Gasteiger partial charge is 0.330 e. The van der Waals surface area contributed by atoms with Crippen LogP contribution in [0.3, 0.4) is 0 Å². The summed E-state index contributed by atoms with van der Waals surface area (Å²) in [6.07, 6.45) is 4.15. The number of nitrogens with two attached hydrogens (primary N) is 1. The van der Waals surface area contributed by atoms with Crippen LogP contribution < -0.4 is 11.1 Å². The molecular weight excluding hydrogens is 172 g/mol. The van der Waals surface area contributed by atoms with Gasteiger partial charge in [0.1, 0.15) is 0 Å². The second-order valence-electron chi connectivity index (χ2n) is 4.00. The summed E-state index contributed by atoms with van der Waals surface area (Å²) < 4.78 is 0. The van der Waals surface area contributed by atoms with Crippen molar-refractivity contribution in [3.05, 3.63) is 0 Å². The van der Waals surface area contributed by atoms with Crippen molar-refractivity contribution in [2.75, 3.05) is 19.6 Å². The molecule has 2 rings (SSSR count). The zero-order valence-electron chi connectivity index (χ0n) is 7.46. The number of nitrogens with one attached hydrogen (secondary N) is 1. The average molecular weight is 191 g/mol. The highest BCUT2D eigenvalue weighted by Crippen LogP contribution is 2.40. The van der Waals surface area contributed by atoms with Crippen molar-refractivity contribution < 1.29 is 0 Å². The quantitative estimate of drug-likeness (QED) is 0.682. The molecule has 3 heteroatoms. The molecule has 12 heavy (non-hydrogen) atoms. The number of fused-ring (bicyclic) bond motifs is 2. The zero-order valence-corrected chi connectivity index (χ0v) is 8.28. The van der Waals surface area contributed by atoms with Crippen molar-refractivity contribution in [1.29, 1.82) is 0 Å². The van der Waals surface area contributed by atoms with E-state index in [-0.39, 0.29) is 12.4 Å². The molecule has 3 N–H and O–H groups in total. The molecule has 1 unspecified atom stereocenters. The highest BCUT2D eigenvalue weighted by molar-refractivity contribution is 5.85. The fourth-order valence-corrected chi connectivity index (χ4v) is 2.87. The molecule has 1 saturated carbocycles. The third kappa shape index (κ3) is 1.76. The molecule has 0 amide bonds. The first kappa shape index (κ1) is 10.3. The molecule has 2 nitrogen and oxygen atoms in total. The van der Waals surface area contributed by atoms with E-state index < -0.39 is 0 Å². The third-order valence-electron chi connectivity index (χ3n) is 3.43.